The van der Waals surface area contributed by atoms with Crippen LogP contribution in [-0.4, -0.2) is 67.5 Å². The van der Waals surface area contributed by atoms with Gasteiger partial charge < -0.3 is 10.6 Å². The van der Waals surface area contributed by atoms with Crippen LogP contribution in [-0.2, 0) is 20.6 Å². The molecule has 6 rings (SSSR count). The van der Waals surface area contributed by atoms with E-state index in [9.17, 15) is 41.9 Å². The molecule has 1 fully saturated rings. The lowest BCUT2D eigenvalue weighted by Crippen LogP contribution is -2.54. The Morgan fingerprint density at radius 2 is 1.83 bits per heavy atom. The van der Waals surface area contributed by atoms with Gasteiger partial charge in [-0.1, -0.05) is 6.07 Å². The summed E-state index contributed by atoms with van der Waals surface area (Å²) in [5, 5.41) is 12.8. The molecule has 236 valence electrons. The van der Waals surface area contributed by atoms with Gasteiger partial charge in [-0.05, 0) is 48.6 Å². The number of carbonyl (C=O) groups excluding carboxylic acids is 6. The first-order valence-electron chi connectivity index (χ1n) is 13.9. The first-order valence-corrected chi connectivity index (χ1v) is 14.7. The molecule has 3 aromatic heterocycles. The number of halogens is 3. The fourth-order valence-electron chi connectivity index (χ4n) is 5.15. The zero-order valence-electron chi connectivity index (χ0n) is 23.5. The molecule has 5 heterocycles. The molecule has 13 nitrogen and oxygen atoms in total. The van der Waals surface area contributed by atoms with Crippen molar-refractivity contribution in [3.8, 4) is 10.6 Å². The van der Waals surface area contributed by atoms with Crippen molar-refractivity contribution in [3.05, 3.63) is 70.4 Å². The van der Waals surface area contributed by atoms with Crippen LogP contribution in [0.5, 0.6) is 0 Å². The summed E-state index contributed by atoms with van der Waals surface area (Å²) in [6, 6.07) is 8.31. The van der Waals surface area contributed by atoms with Crippen molar-refractivity contribution in [3.63, 3.8) is 0 Å². The average molecular weight is 654 g/mol. The summed E-state index contributed by atoms with van der Waals surface area (Å²) >= 11 is 1.22. The summed E-state index contributed by atoms with van der Waals surface area (Å²) < 4.78 is 41.9. The molecule has 0 saturated carbocycles. The number of imide groups is 2. The van der Waals surface area contributed by atoms with E-state index in [2.05, 4.69) is 26.0 Å². The summed E-state index contributed by atoms with van der Waals surface area (Å²) in [5.74, 6) is -3.85. The maximum absolute atomic E-state index is 13.8. The lowest BCUT2D eigenvalue weighted by atomic mass is 10.0. The molecule has 0 aliphatic carbocycles. The number of hydrogen-bond donors (Lipinski definition) is 3. The van der Waals surface area contributed by atoms with E-state index >= 15 is 0 Å². The second kappa shape index (κ2) is 11.8. The highest BCUT2D eigenvalue weighted by atomic mass is 32.1. The molecule has 0 radical (unpaired) electrons. The summed E-state index contributed by atoms with van der Waals surface area (Å²) in [6.45, 7) is -0.00177. The van der Waals surface area contributed by atoms with Gasteiger partial charge in [0.25, 0.3) is 17.7 Å². The minimum atomic E-state index is -4.76. The van der Waals surface area contributed by atoms with Gasteiger partial charge in [0.05, 0.1) is 21.7 Å². The number of piperidine rings is 1. The van der Waals surface area contributed by atoms with Crippen molar-refractivity contribution in [1.82, 2.24) is 30.1 Å². The quantitative estimate of drug-likeness (QED) is 0.192. The van der Waals surface area contributed by atoms with Gasteiger partial charge in [-0.2, -0.15) is 18.3 Å². The largest absolute Gasteiger partial charge is 0.433 e. The molecular formula is C29H22F3N7O6S. The molecule has 4 aromatic rings. The zero-order chi connectivity index (χ0) is 32.7. The molecule has 1 aromatic carbocycles. The number of carbonyl (C=O) groups is 6. The maximum Gasteiger partial charge on any atom is 0.433 e. The van der Waals surface area contributed by atoms with Gasteiger partial charge in [-0.15, -0.1) is 11.3 Å². The van der Waals surface area contributed by atoms with E-state index in [4.69, 9.17) is 0 Å². The topological polar surface area (TPSA) is 172 Å². The highest BCUT2D eigenvalue weighted by Crippen LogP contribution is 2.34. The van der Waals surface area contributed by atoms with Crippen molar-refractivity contribution < 1.29 is 41.9 Å². The number of aromatic nitrogens is 3. The van der Waals surface area contributed by atoms with Crippen molar-refractivity contribution in [2.75, 3.05) is 11.9 Å². The van der Waals surface area contributed by atoms with Crippen LogP contribution in [0.3, 0.4) is 0 Å². The van der Waals surface area contributed by atoms with Crippen LogP contribution in [0, 0.1) is 0 Å². The lowest BCUT2D eigenvalue weighted by molar-refractivity contribution is -0.142. The third kappa shape index (κ3) is 5.83. The van der Waals surface area contributed by atoms with Gasteiger partial charge in [0.2, 0.25) is 17.7 Å². The second-order valence-corrected chi connectivity index (χ2v) is 11.4. The molecule has 0 spiro atoms. The number of nitrogens with zero attached hydrogens (tertiary/aromatic N) is 4. The summed E-state index contributed by atoms with van der Waals surface area (Å²) in [4.78, 5) is 80.3. The number of thiophene rings is 1. The van der Waals surface area contributed by atoms with E-state index in [1.807, 2.05) is 0 Å². The van der Waals surface area contributed by atoms with Crippen LogP contribution in [0.15, 0.2) is 47.8 Å². The van der Waals surface area contributed by atoms with Gasteiger partial charge in [-0.25, -0.2) is 9.50 Å². The Hall–Kier alpha value is -5.45. The van der Waals surface area contributed by atoms with Crippen LogP contribution in [0.2, 0.25) is 0 Å². The molecule has 6 amide bonds. The Kier molecular flexibility index (Phi) is 7.85. The number of anilines is 1. The molecule has 1 atom stereocenters. The monoisotopic (exact) mass is 653 g/mol. The molecule has 2 aliphatic heterocycles. The average Bonchev–Trinajstić information content (AvgIpc) is 3.74. The van der Waals surface area contributed by atoms with E-state index in [0.29, 0.717) is 9.39 Å². The van der Waals surface area contributed by atoms with Gasteiger partial charge in [-0.3, -0.25) is 39.0 Å². The smallest absolute Gasteiger partial charge is 0.351 e. The molecule has 0 bridgehead atoms. The fraction of sp³-hybridized carbons (Fsp3) is 0.241. The second-order valence-electron chi connectivity index (χ2n) is 10.4. The van der Waals surface area contributed by atoms with Crippen LogP contribution in [0.1, 0.15) is 62.6 Å². The Morgan fingerprint density at radius 3 is 2.54 bits per heavy atom. The van der Waals surface area contributed by atoms with Crippen LogP contribution >= 0.6 is 11.3 Å². The zero-order valence-corrected chi connectivity index (χ0v) is 24.3. The first-order chi connectivity index (χ1) is 21.9. The fourth-order valence-corrected chi connectivity index (χ4v) is 5.84. The van der Waals surface area contributed by atoms with Crippen molar-refractivity contribution >= 4 is 58.1 Å². The Labute approximate surface area is 260 Å². The lowest BCUT2D eigenvalue weighted by Gasteiger charge is -2.27. The Morgan fingerprint density at radius 1 is 1.04 bits per heavy atom. The normalized spacial score (nSPS) is 16.5. The van der Waals surface area contributed by atoms with Gasteiger partial charge >= 0.3 is 6.18 Å². The van der Waals surface area contributed by atoms with E-state index in [1.54, 1.807) is 17.5 Å². The predicted molar refractivity (Wildman–Crippen MR) is 155 cm³/mol. The van der Waals surface area contributed by atoms with E-state index in [0.717, 1.165) is 17.0 Å². The highest BCUT2D eigenvalue weighted by molar-refractivity contribution is 7.13. The third-order valence-corrected chi connectivity index (χ3v) is 8.21. The van der Waals surface area contributed by atoms with Crippen LogP contribution < -0.4 is 16.0 Å². The predicted octanol–water partition coefficient (Wildman–Crippen LogP) is 3.03. The van der Waals surface area contributed by atoms with Crippen molar-refractivity contribution in [2.24, 2.45) is 0 Å². The Bertz CT molecular complexity index is 1940. The number of hydrogen-bond acceptors (Lipinski definition) is 9. The van der Waals surface area contributed by atoms with E-state index in [-0.39, 0.29) is 66.1 Å². The molecule has 46 heavy (non-hydrogen) atoms. The van der Waals surface area contributed by atoms with Crippen molar-refractivity contribution in [2.45, 2.75) is 37.9 Å². The van der Waals surface area contributed by atoms with Crippen LogP contribution in [0.25, 0.3) is 16.2 Å². The SMILES string of the molecule is O=C1CCC(N2C(=O)c3ccc(NC(=O)CCCNC(=O)c4cc5nc(-c6cccs6)cc(C(F)(F)F)n5n4)cc3C2=O)C(=O)N1. The van der Waals surface area contributed by atoms with Gasteiger partial charge in [0, 0.05) is 31.1 Å². The molecule has 2 aliphatic rings. The van der Waals surface area contributed by atoms with Crippen molar-refractivity contribution in [1.29, 1.82) is 0 Å². The number of alkyl halides is 3. The molecule has 17 heteroatoms. The molecular weight excluding hydrogens is 631 g/mol. The summed E-state index contributed by atoms with van der Waals surface area (Å²) in [6.07, 6.45) is -4.67. The number of benzene rings is 1. The van der Waals surface area contributed by atoms with Gasteiger partial charge in [0.15, 0.2) is 17.0 Å². The number of nitrogens with one attached hydrogen (secondary N) is 3. The minimum Gasteiger partial charge on any atom is -0.351 e. The van der Waals surface area contributed by atoms with E-state index in [1.165, 1.54) is 29.5 Å². The molecule has 1 saturated heterocycles. The highest BCUT2D eigenvalue weighted by Gasteiger charge is 2.44. The third-order valence-electron chi connectivity index (χ3n) is 7.31. The van der Waals surface area contributed by atoms with Gasteiger partial charge in [0.1, 0.15) is 6.04 Å². The molecule has 3 N–H and O–H groups in total. The number of fused-ring (bicyclic) bond motifs is 2. The standard InChI is InChI=1S/C29H22F3N7O6S/c30-29(31,32)21-12-17(20-3-2-10-46-20)35-22-13-18(37-39(21)22)25(42)33-9-1-4-23(40)34-14-5-6-15-16(11-14)28(45)38(27(15)44)19-7-8-24(41)36-26(19)43/h2-3,5-6,10-13,19H,1,4,7-9H2,(H,33,42)(H,34,40)(H,36,41,43). The molecule has 1 unspecified atom stereocenters. The maximum atomic E-state index is 13.8. The summed E-state index contributed by atoms with van der Waals surface area (Å²) in [5.41, 5.74) is -1.15. The minimum absolute atomic E-state index is 0.00177. The Balaban J connectivity index is 1.05. The number of rotatable bonds is 8. The summed E-state index contributed by atoms with van der Waals surface area (Å²) in [7, 11) is 0. The van der Waals surface area contributed by atoms with Crippen LogP contribution in [0.4, 0.5) is 18.9 Å². The van der Waals surface area contributed by atoms with E-state index < -0.39 is 53.4 Å². The first kappa shape index (κ1) is 30.6. The number of amides is 6.